The normalized spacial score (nSPS) is 24.4. The average molecular weight is 654 g/mol. The van der Waals surface area contributed by atoms with Crippen LogP contribution in [0, 0.1) is 0 Å². The van der Waals surface area contributed by atoms with Crippen LogP contribution in [0.2, 0.25) is 0 Å². The molecular weight excluding hydrogens is 610 g/mol. The van der Waals surface area contributed by atoms with Crippen molar-refractivity contribution in [1.82, 2.24) is 20.2 Å². The number of fused-ring (bicyclic) bond motifs is 3. The Morgan fingerprint density at radius 1 is 1.10 bits per heavy atom. The van der Waals surface area contributed by atoms with Crippen LogP contribution in [0.25, 0.3) is 0 Å². The van der Waals surface area contributed by atoms with Crippen LogP contribution in [0.4, 0.5) is 22.1 Å². The molecule has 2 bridgehead atoms. The van der Waals surface area contributed by atoms with Crippen molar-refractivity contribution in [3.05, 3.63) is 77.1 Å². The maximum atomic E-state index is 13.1. The fraction of sp³-hybridized carbons (Fsp3) is 0.472. The second kappa shape index (κ2) is 11.8. The van der Waals surface area contributed by atoms with Crippen molar-refractivity contribution >= 4 is 35.2 Å². The van der Waals surface area contributed by atoms with Crippen LogP contribution in [0.15, 0.2) is 59.7 Å². The molecule has 12 nitrogen and oxygen atoms in total. The Hall–Kier alpha value is -4.71. The number of amides is 2. The lowest BCUT2D eigenvalue weighted by Gasteiger charge is -2.42. The van der Waals surface area contributed by atoms with Gasteiger partial charge in [-0.3, -0.25) is 4.79 Å². The van der Waals surface area contributed by atoms with Crippen molar-refractivity contribution in [1.29, 1.82) is 0 Å². The number of hydrogen-bond acceptors (Lipinski definition) is 10. The van der Waals surface area contributed by atoms with Gasteiger partial charge in [0, 0.05) is 24.3 Å². The van der Waals surface area contributed by atoms with Gasteiger partial charge >= 0.3 is 6.09 Å². The molecule has 4 aliphatic rings. The number of aliphatic imine (C=N–C) groups is 1. The highest BCUT2D eigenvalue weighted by molar-refractivity contribution is 6.01. The summed E-state index contributed by atoms with van der Waals surface area (Å²) in [5.74, 6) is 1.41. The van der Waals surface area contributed by atoms with Crippen molar-refractivity contribution in [2.45, 2.75) is 95.1 Å². The van der Waals surface area contributed by atoms with E-state index in [1.807, 2.05) is 75.9 Å². The first-order valence-corrected chi connectivity index (χ1v) is 16.6. The zero-order valence-electron chi connectivity index (χ0n) is 28.0. The first-order valence-electron chi connectivity index (χ1n) is 16.6. The van der Waals surface area contributed by atoms with Crippen molar-refractivity contribution in [2.24, 2.45) is 4.99 Å². The van der Waals surface area contributed by atoms with Gasteiger partial charge in [-0.05, 0) is 78.0 Å². The Labute approximate surface area is 280 Å². The topological polar surface area (TPSA) is 150 Å². The summed E-state index contributed by atoms with van der Waals surface area (Å²) in [4.78, 5) is 42.1. The van der Waals surface area contributed by atoms with Gasteiger partial charge < -0.3 is 35.4 Å². The first kappa shape index (κ1) is 31.9. The molecule has 2 unspecified atom stereocenters. The lowest BCUT2D eigenvalue weighted by atomic mass is 9.84. The molecule has 0 saturated carbocycles. The second-order valence-electron chi connectivity index (χ2n) is 14.8. The molecular formula is C36H43N7O5. The molecule has 4 aliphatic heterocycles. The van der Waals surface area contributed by atoms with Gasteiger partial charge in [-0.15, -0.1) is 0 Å². The van der Waals surface area contributed by atoms with Gasteiger partial charge in [0.25, 0.3) is 5.91 Å². The molecule has 7 rings (SSSR count). The number of ether oxygens (including phenoxy) is 2. The summed E-state index contributed by atoms with van der Waals surface area (Å²) in [5, 5.41) is 20.2. The molecule has 2 saturated heterocycles. The molecule has 4 N–H and O–H groups in total. The van der Waals surface area contributed by atoms with E-state index in [9.17, 15) is 14.7 Å². The maximum absolute atomic E-state index is 13.1. The Morgan fingerprint density at radius 3 is 2.52 bits per heavy atom. The highest BCUT2D eigenvalue weighted by atomic mass is 16.6. The van der Waals surface area contributed by atoms with Crippen molar-refractivity contribution in [2.75, 3.05) is 23.8 Å². The smallest absolute Gasteiger partial charge is 0.410 e. The molecule has 0 aliphatic carbocycles. The number of aliphatic hydroxyl groups excluding tert-OH is 1. The first-order chi connectivity index (χ1) is 22.8. The van der Waals surface area contributed by atoms with Crippen LogP contribution in [0.1, 0.15) is 93.5 Å². The van der Waals surface area contributed by atoms with E-state index >= 15 is 0 Å². The van der Waals surface area contributed by atoms with Gasteiger partial charge in [-0.1, -0.05) is 30.3 Å². The third kappa shape index (κ3) is 6.05. The number of nitrogens with zero attached hydrogens (tertiary/aromatic N) is 4. The molecule has 1 aromatic carbocycles. The Kier molecular flexibility index (Phi) is 7.81. The standard InChI is InChI=1S/C36H43N7O5/c1-34(2,3)48-33(46)43-22-11-12-23(43)17-36(16-22)20-47-32(42-36)25-18-37-29(15-26(25)38-27(19-44)21-9-7-6-8-10-21)39-28-14-13-24-30(40-28)35(4,5)41-31(24)45/h6-10,13-15,18,22-23,27,44H,11-12,16-17,19-20H2,1-5H3,(H,41,45)(H2,37,38,39,40)/t22?,23?,27-,36?/m1/s1. The number of hydrogen-bond donors (Lipinski definition) is 4. The highest BCUT2D eigenvalue weighted by Gasteiger charge is 2.53. The zero-order valence-corrected chi connectivity index (χ0v) is 28.0. The Balaban J connectivity index is 1.19. The van der Waals surface area contributed by atoms with Crippen molar-refractivity contribution < 1.29 is 24.2 Å². The summed E-state index contributed by atoms with van der Waals surface area (Å²) in [6.07, 6.45) is 4.69. The number of aliphatic hydroxyl groups is 1. The molecule has 6 heterocycles. The van der Waals surface area contributed by atoms with E-state index in [2.05, 4.69) is 16.0 Å². The summed E-state index contributed by atoms with van der Waals surface area (Å²) < 4.78 is 12.1. The largest absolute Gasteiger partial charge is 0.475 e. The number of benzene rings is 1. The van der Waals surface area contributed by atoms with E-state index in [-0.39, 0.29) is 30.7 Å². The number of anilines is 3. The lowest BCUT2D eigenvalue weighted by molar-refractivity contribution is -0.00239. The van der Waals surface area contributed by atoms with E-state index < -0.39 is 22.7 Å². The maximum Gasteiger partial charge on any atom is 0.410 e. The van der Waals surface area contributed by atoms with E-state index in [1.165, 1.54) is 0 Å². The van der Waals surface area contributed by atoms with Gasteiger partial charge in [-0.25, -0.2) is 19.8 Å². The highest BCUT2D eigenvalue weighted by Crippen LogP contribution is 2.46. The molecule has 1 spiro atoms. The number of nitrogens with one attached hydrogen (secondary N) is 3. The van der Waals surface area contributed by atoms with E-state index in [0.29, 0.717) is 59.5 Å². The summed E-state index contributed by atoms with van der Waals surface area (Å²) >= 11 is 0. The third-order valence-electron chi connectivity index (χ3n) is 9.53. The quantitative estimate of drug-likeness (QED) is 0.262. The van der Waals surface area contributed by atoms with Crippen molar-refractivity contribution in [3.8, 4) is 0 Å². The third-order valence-corrected chi connectivity index (χ3v) is 9.53. The van der Waals surface area contributed by atoms with Crippen molar-refractivity contribution in [3.63, 3.8) is 0 Å². The average Bonchev–Trinajstić information content (AvgIpc) is 3.64. The van der Waals surface area contributed by atoms with Crippen LogP contribution >= 0.6 is 0 Å². The minimum Gasteiger partial charge on any atom is -0.475 e. The molecule has 2 fully saturated rings. The number of aromatic nitrogens is 2. The summed E-state index contributed by atoms with van der Waals surface area (Å²) in [6, 6.07) is 14.8. The predicted molar refractivity (Wildman–Crippen MR) is 181 cm³/mol. The van der Waals surface area contributed by atoms with Crippen LogP contribution in [0.3, 0.4) is 0 Å². The Morgan fingerprint density at radius 2 is 1.83 bits per heavy atom. The molecule has 12 heteroatoms. The van der Waals surface area contributed by atoms with Gasteiger partial charge in [0.2, 0.25) is 5.90 Å². The van der Waals surface area contributed by atoms with Crippen LogP contribution in [-0.4, -0.2) is 74.3 Å². The fourth-order valence-corrected chi connectivity index (χ4v) is 7.42. The zero-order chi connectivity index (χ0) is 33.8. The lowest BCUT2D eigenvalue weighted by Crippen LogP contribution is -2.54. The molecule has 252 valence electrons. The monoisotopic (exact) mass is 653 g/mol. The number of pyridine rings is 2. The van der Waals surface area contributed by atoms with E-state index in [1.54, 1.807) is 18.3 Å². The van der Waals surface area contributed by atoms with Crippen LogP contribution < -0.4 is 16.0 Å². The van der Waals surface area contributed by atoms with Crippen LogP contribution in [-0.2, 0) is 15.0 Å². The van der Waals surface area contributed by atoms with E-state index in [0.717, 1.165) is 18.4 Å². The molecule has 0 radical (unpaired) electrons. The predicted octanol–water partition coefficient (Wildman–Crippen LogP) is 5.42. The minimum absolute atomic E-state index is 0.0414. The Bertz CT molecular complexity index is 1760. The molecule has 2 aromatic heterocycles. The summed E-state index contributed by atoms with van der Waals surface area (Å²) in [7, 11) is 0. The molecule has 2 amide bonds. The minimum atomic E-state index is -0.589. The summed E-state index contributed by atoms with van der Waals surface area (Å²) in [6.45, 7) is 9.79. The van der Waals surface area contributed by atoms with Gasteiger partial charge in [0.05, 0.1) is 40.7 Å². The second-order valence-corrected chi connectivity index (χ2v) is 14.8. The summed E-state index contributed by atoms with van der Waals surface area (Å²) in [5.41, 5.74) is 1.91. The molecule has 48 heavy (non-hydrogen) atoms. The van der Waals surface area contributed by atoms with E-state index in [4.69, 9.17) is 24.4 Å². The van der Waals surface area contributed by atoms with Gasteiger partial charge in [0.1, 0.15) is 29.4 Å². The number of carbonyl (C=O) groups excluding carboxylic acids is 2. The number of piperidine rings is 1. The van der Waals surface area contributed by atoms with Gasteiger partial charge in [0.15, 0.2) is 0 Å². The fourth-order valence-electron chi connectivity index (χ4n) is 7.42. The van der Waals surface area contributed by atoms with Gasteiger partial charge in [-0.2, -0.15) is 0 Å². The number of carbonyl (C=O) groups is 2. The van der Waals surface area contributed by atoms with Crippen LogP contribution in [0.5, 0.6) is 0 Å². The number of rotatable bonds is 7. The molecule has 3 atom stereocenters. The SMILES string of the molecule is CC(C)(C)OC(=O)N1C2CCC1CC1(COC(c3cnc(Nc4ccc5c(n4)C(C)(C)NC5=O)cc3N[C@H](CO)c3ccccc3)=N1)C2. The molecule has 3 aromatic rings.